The third-order valence-corrected chi connectivity index (χ3v) is 3.82. The van der Waals surface area contributed by atoms with Crippen LogP contribution < -0.4 is 5.32 Å². The second kappa shape index (κ2) is 7.02. The highest BCUT2D eigenvalue weighted by molar-refractivity contribution is 7.09. The van der Waals surface area contributed by atoms with Gasteiger partial charge in [0.1, 0.15) is 0 Å². The first kappa shape index (κ1) is 13.7. The van der Waals surface area contributed by atoms with Crippen LogP contribution in [-0.2, 0) is 6.42 Å². The van der Waals surface area contributed by atoms with Gasteiger partial charge in [-0.25, -0.2) is 4.98 Å². The Morgan fingerprint density at radius 2 is 2.19 bits per heavy atom. The third kappa shape index (κ3) is 4.62. The van der Waals surface area contributed by atoms with Crippen LogP contribution in [0.2, 0.25) is 0 Å². The lowest BCUT2D eigenvalue weighted by Gasteiger charge is -2.21. The zero-order valence-corrected chi connectivity index (χ0v) is 11.7. The highest BCUT2D eigenvalue weighted by Crippen LogP contribution is 2.14. The van der Waals surface area contributed by atoms with E-state index in [4.69, 9.17) is 0 Å². The van der Waals surface area contributed by atoms with Crippen molar-refractivity contribution >= 4 is 11.3 Å². The van der Waals surface area contributed by atoms with Crippen molar-refractivity contribution in [2.75, 3.05) is 6.54 Å². The largest absolute Gasteiger partial charge is 0.314 e. The van der Waals surface area contributed by atoms with Crippen LogP contribution >= 0.6 is 11.3 Å². The molecule has 1 atom stereocenters. The number of aryl methyl sites for hydroxylation is 2. The summed E-state index contributed by atoms with van der Waals surface area (Å²) in [4.78, 5) is 4.51. The van der Waals surface area contributed by atoms with E-state index in [1.807, 2.05) is 0 Å². The standard InChI is InChI=1S/C13H24N2S/c1-5-8-14-12(10(2)3)6-7-13-15-11(4)9-16-13/h9-10,12,14H,5-8H2,1-4H3. The Morgan fingerprint density at radius 3 is 2.69 bits per heavy atom. The Kier molecular flexibility index (Phi) is 5.99. The zero-order chi connectivity index (χ0) is 12.0. The van der Waals surface area contributed by atoms with Crippen molar-refractivity contribution in [3.05, 3.63) is 16.1 Å². The van der Waals surface area contributed by atoms with E-state index in [1.54, 1.807) is 11.3 Å². The van der Waals surface area contributed by atoms with Crippen LogP contribution in [0, 0.1) is 12.8 Å². The molecule has 0 aliphatic rings. The molecule has 0 bridgehead atoms. The fraction of sp³-hybridized carbons (Fsp3) is 0.769. The molecule has 2 nitrogen and oxygen atoms in total. The SMILES string of the molecule is CCCNC(CCc1nc(C)cs1)C(C)C. The second-order valence-electron chi connectivity index (χ2n) is 4.73. The summed E-state index contributed by atoms with van der Waals surface area (Å²) in [6, 6.07) is 0.629. The number of nitrogens with zero attached hydrogens (tertiary/aromatic N) is 1. The number of hydrogen-bond donors (Lipinski definition) is 1. The molecule has 0 saturated heterocycles. The third-order valence-electron chi connectivity index (χ3n) is 2.80. The van der Waals surface area contributed by atoms with Crippen molar-refractivity contribution in [3.63, 3.8) is 0 Å². The van der Waals surface area contributed by atoms with Gasteiger partial charge in [0.2, 0.25) is 0 Å². The zero-order valence-electron chi connectivity index (χ0n) is 10.9. The number of rotatable bonds is 7. The molecule has 92 valence electrons. The van der Waals surface area contributed by atoms with Crippen LogP contribution in [-0.4, -0.2) is 17.6 Å². The molecule has 1 unspecified atom stereocenters. The molecule has 0 radical (unpaired) electrons. The summed E-state index contributed by atoms with van der Waals surface area (Å²) in [6.45, 7) is 9.99. The van der Waals surface area contributed by atoms with Gasteiger partial charge < -0.3 is 5.32 Å². The maximum atomic E-state index is 4.51. The summed E-state index contributed by atoms with van der Waals surface area (Å²) >= 11 is 1.79. The quantitative estimate of drug-likeness (QED) is 0.790. The Hall–Kier alpha value is -0.410. The molecule has 0 aliphatic heterocycles. The lowest BCUT2D eigenvalue weighted by molar-refractivity contribution is 0.378. The summed E-state index contributed by atoms with van der Waals surface area (Å²) in [5.74, 6) is 0.701. The van der Waals surface area contributed by atoms with Gasteiger partial charge in [-0.2, -0.15) is 0 Å². The molecule has 0 fully saturated rings. The Morgan fingerprint density at radius 1 is 1.44 bits per heavy atom. The van der Waals surface area contributed by atoms with Gasteiger partial charge in [-0.3, -0.25) is 0 Å². The van der Waals surface area contributed by atoms with E-state index in [2.05, 4.69) is 43.4 Å². The molecule has 0 aliphatic carbocycles. The smallest absolute Gasteiger partial charge is 0.0928 e. The van der Waals surface area contributed by atoms with Crippen LogP contribution in [0.15, 0.2) is 5.38 Å². The molecule has 16 heavy (non-hydrogen) atoms. The first-order chi connectivity index (χ1) is 7.63. The molecular formula is C13H24N2S. The van der Waals surface area contributed by atoms with E-state index in [-0.39, 0.29) is 0 Å². The van der Waals surface area contributed by atoms with Crippen molar-refractivity contribution in [2.24, 2.45) is 5.92 Å². The predicted octanol–water partition coefficient (Wildman–Crippen LogP) is 3.41. The molecule has 1 rings (SSSR count). The van der Waals surface area contributed by atoms with E-state index in [0.717, 1.165) is 18.7 Å². The molecule has 3 heteroatoms. The second-order valence-corrected chi connectivity index (χ2v) is 5.67. The van der Waals surface area contributed by atoms with Crippen molar-refractivity contribution in [2.45, 2.75) is 53.0 Å². The van der Waals surface area contributed by atoms with Gasteiger partial charge in [-0.1, -0.05) is 20.8 Å². The van der Waals surface area contributed by atoms with Crippen molar-refractivity contribution in [1.29, 1.82) is 0 Å². The fourth-order valence-corrected chi connectivity index (χ4v) is 2.59. The van der Waals surface area contributed by atoms with Gasteiger partial charge in [0, 0.05) is 23.5 Å². The number of nitrogens with one attached hydrogen (secondary N) is 1. The minimum absolute atomic E-state index is 0.629. The van der Waals surface area contributed by atoms with Crippen LogP contribution in [0.5, 0.6) is 0 Å². The maximum Gasteiger partial charge on any atom is 0.0928 e. The van der Waals surface area contributed by atoms with E-state index < -0.39 is 0 Å². The Labute approximate surface area is 103 Å². The van der Waals surface area contributed by atoms with Crippen molar-refractivity contribution < 1.29 is 0 Å². The van der Waals surface area contributed by atoms with Gasteiger partial charge in [0.05, 0.1) is 5.01 Å². The van der Waals surface area contributed by atoms with E-state index in [1.165, 1.54) is 17.8 Å². The minimum Gasteiger partial charge on any atom is -0.314 e. The van der Waals surface area contributed by atoms with Gasteiger partial charge in [0.15, 0.2) is 0 Å². The number of aromatic nitrogens is 1. The summed E-state index contributed by atoms with van der Waals surface area (Å²) in [6.07, 6.45) is 3.52. The van der Waals surface area contributed by atoms with E-state index in [0.29, 0.717) is 12.0 Å². The van der Waals surface area contributed by atoms with Crippen LogP contribution in [0.1, 0.15) is 44.3 Å². The lowest BCUT2D eigenvalue weighted by Crippen LogP contribution is -2.34. The first-order valence-electron chi connectivity index (χ1n) is 6.27. The van der Waals surface area contributed by atoms with Crippen molar-refractivity contribution in [1.82, 2.24) is 10.3 Å². The average Bonchev–Trinajstić information content (AvgIpc) is 2.64. The molecule has 1 heterocycles. The summed E-state index contributed by atoms with van der Waals surface area (Å²) in [5.41, 5.74) is 1.16. The summed E-state index contributed by atoms with van der Waals surface area (Å²) in [5, 5.41) is 7.04. The molecule has 0 aromatic carbocycles. The fourth-order valence-electron chi connectivity index (χ4n) is 1.80. The predicted molar refractivity (Wildman–Crippen MR) is 72.1 cm³/mol. The number of thiazole rings is 1. The molecule has 1 aromatic rings. The van der Waals surface area contributed by atoms with Gasteiger partial charge in [-0.15, -0.1) is 11.3 Å². The van der Waals surface area contributed by atoms with E-state index in [9.17, 15) is 0 Å². The topological polar surface area (TPSA) is 24.9 Å². The average molecular weight is 240 g/mol. The summed E-state index contributed by atoms with van der Waals surface area (Å²) < 4.78 is 0. The highest BCUT2D eigenvalue weighted by atomic mass is 32.1. The molecule has 0 spiro atoms. The first-order valence-corrected chi connectivity index (χ1v) is 7.15. The molecule has 1 N–H and O–H groups in total. The lowest BCUT2D eigenvalue weighted by atomic mass is 9.99. The summed E-state index contributed by atoms with van der Waals surface area (Å²) in [7, 11) is 0. The highest BCUT2D eigenvalue weighted by Gasteiger charge is 2.12. The monoisotopic (exact) mass is 240 g/mol. The van der Waals surface area contributed by atoms with Crippen LogP contribution in [0.3, 0.4) is 0 Å². The van der Waals surface area contributed by atoms with Gasteiger partial charge in [0.25, 0.3) is 0 Å². The van der Waals surface area contributed by atoms with Gasteiger partial charge in [-0.05, 0) is 32.2 Å². The van der Waals surface area contributed by atoms with Crippen molar-refractivity contribution in [3.8, 4) is 0 Å². The Balaban J connectivity index is 2.37. The molecule has 1 aromatic heterocycles. The molecule has 0 saturated carbocycles. The Bertz CT molecular complexity index is 294. The molecular weight excluding hydrogens is 216 g/mol. The maximum absolute atomic E-state index is 4.51. The molecule has 0 amide bonds. The van der Waals surface area contributed by atoms with Crippen LogP contribution in [0.25, 0.3) is 0 Å². The van der Waals surface area contributed by atoms with Crippen LogP contribution in [0.4, 0.5) is 0 Å². The normalized spacial score (nSPS) is 13.3. The van der Waals surface area contributed by atoms with E-state index >= 15 is 0 Å². The minimum atomic E-state index is 0.629. The number of hydrogen-bond acceptors (Lipinski definition) is 3. The van der Waals surface area contributed by atoms with Gasteiger partial charge >= 0.3 is 0 Å².